The van der Waals surface area contributed by atoms with Crippen LogP contribution in [-0.4, -0.2) is 32.0 Å². The van der Waals surface area contributed by atoms with Gasteiger partial charge in [-0.2, -0.15) is 0 Å². The van der Waals surface area contributed by atoms with Gasteiger partial charge in [-0.1, -0.05) is 36.4 Å². The summed E-state index contributed by atoms with van der Waals surface area (Å²) in [7, 11) is 0. The van der Waals surface area contributed by atoms with Gasteiger partial charge in [0.05, 0.1) is 9.88 Å². The summed E-state index contributed by atoms with van der Waals surface area (Å²) >= 11 is 1.58. The maximum atomic E-state index is 12.8. The Morgan fingerprint density at radius 2 is 1.78 bits per heavy atom. The van der Waals surface area contributed by atoms with Crippen molar-refractivity contribution in [3.8, 4) is 11.1 Å². The first-order chi connectivity index (χ1) is 13.2. The zero-order valence-electron chi connectivity index (χ0n) is 15.2. The number of anilines is 2. The number of nitrogen functional groups attached to an aromatic ring is 1. The summed E-state index contributed by atoms with van der Waals surface area (Å²) in [6.07, 6.45) is 0.327. The molecule has 1 fully saturated rings. The second-order valence-corrected chi connectivity index (χ2v) is 7.82. The largest absolute Gasteiger partial charge is 0.398 e. The van der Waals surface area contributed by atoms with Crippen molar-refractivity contribution >= 4 is 27.8 Å². The molecule has 0 bridgehead atoms. The summed E-state index contributed by atoms with van der Waals surface area (Å²) in [5.74, 6) is 0.123. The zero-order chi connectivity index (χ0) is 18.6. The maximum absolute atomic E-state index is 12.8. The molecule has 1 aliphatic rings. The van der Waals surface area contributed by atoms with Crippen molar-refractivity contribution in [1.29, 1.82) is 0 Å². The normalized spacial score (nSPS) is 14.3. The minimum absolute atomic E-state index is 0.123. The molecule has 1 saturated heterocycles. The molecule has 0 radical (unpaired) electrons. The number of nitrogens with zero attached hydrogens (tertiary/aromatic N) is 1. The van der Waals surface area contributed by atoms with Crippen molar-refractivity contribution in [2.75, 3.05) is 36.8 Å². The van der Waals surface area contributed by atoms with Crippen molar-refractivity contribution < 1.29 is 4.79 Å². The van der Waals surface area contributed by atoms with Crippen LogP contribution in [0.1, 0.15) is 15.2 Å². The van der Waals surface area contributed by atoms with Crippen molar-refractivity contribution in [3.63, 3.8) is 0 Å². The molecule has 5 heteroatoms. The Morgan fingerprint density at radius 3 is 2.56 bits per heavy atom. The molecule has 0 saturated carbocycles. The SMILES string of the molecule is Nc1ccc(-c2ccccc2)cc1CC(=O)c1ccc(N2CCNCC2)s1. The topological polar surface area (TPSA) is 58.4 Å². The number of rotatable bonds is 5. The van der Waals surface area contributed by atoms with E-state index in [2.05, 4.69) is 28.4 Å². The van der Waals surface area contributed by atoms with Crippen LogP contribution in [0, 0.1) is 0 Å². The van der Waals surface area contributed by atoms with E-state index in [1.165, 1.54) is 5.00 Å². The molecule has 4 nitrogen and oxygen atoms in total. The molecule has 0 spiro atoms. The van der Waals surface area contributed by atoms with Gasteiger partial charge < -0.3 is 16.0 Å². The Labute approximate surface area is 163 Å². The van der Waals surface area contributed by atoms with Crippen LogP contribution in [0.25, 0.3) is 11.1 Å². The lowest BCUT2D eigenvalue weighted by Gasteiger charge is -2.27. The second kappa shape index (κ2) is 7.94. The van der Waals surface area contributed by atoms with Crippen molar-refractivity contribution in [1.82, 2.24) is 5.32 Å². The average molecular weight is 378 g/mol. The number of Topliss-reactive ketones (excluding diaryl/α,β-unsaturated/α-hetero) is 1. The van der Waals surface area contributed by atoms with E-state index in [9.17, 15) is 4.79 Å². The fourth-order valence-electron chi connectivity index (χ4n) is 3.36. The summed E-state index contributed by atoms with van der Waals surface area (Å²) < 4.78 is 0. The average Bonchev–Trinajstić information content (AvgIpc) is 3.21. The summed E-state index contributed by atoms with van der Waals surface area (Å²) in [6.45, 7) is 3.95. The van der Waals surface area contributed by atoms with E-state index in [1.807, 2.05) is 42.5 Å². The fourth-order valence-corrected chi connectivity index (χ4v) is 4.36. The Kier molecular flexibility index (Phi) is 5.23. The number of thiophene rings is 1. The molecule has 0 atom stereocenters. The summed E-state index contributed by atoms with van der Waals surface area (Å²) in [4.78, 5) is 16.0. The molecule has 3 aromatic rings. The number of hydrogen-bond acceptors (Lipinski definition) is 5. The molecule has 0 aliphatic carbocycles. The Balaban J connectivity index is 1.52. The van der Waals surface area contributed by atoms with Gasteiger partial charge in [-0.3, -0.25) is 4.79 Å². The van der Waals surface area contributed by atoms with E-state index in [0.29, 0.717) is 12.1 Å². The third-order valence-electron chi connectivity index (χ3n) is 4.90. The highest BCUT2D eigenvalue weighted by molar-refractivity contribution is 7.18. The fraction of sp³-hybridized carbons (Fsp3) is 0.227. The Morgan fingerprint density at radius 1 is 1.00 bits per heavy atom. The van der Waals surface area contributed by atoms with E-state index in [4.69, 9.17) is 5.73 Å². The van der Waals surface area contributed by atoms with Crippen LogP contribution in [0.5, 0.6) is 0 Å². The Hall–Kier alpha value is -2.63. The molecule has 4 rings (SSSR count). The number of benzene rings is 2. The quantitative estimate of drug-likeness (QED) is 0.524. The van der Waals surface area contributed by atoms with E-state index in [-0.39, 0.29) is 5.78 Å². The number of carbonyl (C=O) groups excluding carboxylic acids is 1. The van der Waals surface area contributed by atoms with Crippen molar-refractivity contribution in [3.05, 3.63) is 71.1 Å². The third-order valence-corrected chi connectivity index (χ3v) is 6.08. The summed E-state index contributed by atoms with van der Waals surface area (Å²) in [6, 6.07) is 20.1. The molecule has 2 heterocycles. The Bertz CT molecular complexity index is 930. The lowest BCUT2D eigenvalue weighted by Crippen LogP contribution is -2.43. The molecular formula is C22H23N3OS. The van der Waals surface area contributed by atoms with Crippen LogP contribution >= 0.6 is 11.3 Å². The predicted octanol–water partition coefficient (Wildman–Crippen LogP) is 3.83. The van der Waals surface area contributed by atoms with Crippen LogP contribution in [0.4, 0.5) is 10.7 Å². The third kappa shape index (κ3) is 4.04. The highest BCUT2D eigenvalue weighted by Crippen LogP contribution is 2.29. The molecule has 138 valence electrons. The number of ketones is 1. The summed E-state index contributed by atoms with van der Waals surface area (Å²) in [5, 5.41) is 4.53. The van der Waals surface area contributed by atoms with Crippen LogP contribution in [0.15, 0.2) is 60.7 Å². The van der Waals surface area contributed by atoms with Crippen LogP contribution in [0.2, 0.25) is 0 Å². The van der Waals surface area contributed by atoms with Gasteiger partial charge >= 0.3 is 0 Å². The van der Waals surface area contributed by atoms with Gasteiger partial charge in [-0.15, -0.1) is 11.3 Å². The highest BCUT2D eigenvalue weighted by Gasteiger charge is 2.17. The lowest BCUT2D eigenvalue weighted by atomic mass is 9.99. The minimum atomic E-state index is 0.123. The number of piperazine rings is 1. The van der Waals surface area contributed by atoms with E-state index >= 15 is 0 Å². The van der Waals surface area contributed by atoms with Crippen LogP contribution in [0.3, 0.4) is 0 Å². The minimum Gasteiger partial charge on any atom is -0.398 e. The van der Waals surface area contributed by atoms with E-state index in [1.54, 1.807) is 11.3 Å². The first kappa shape index (κ1) is 17.8. The maximum Gasteiger partial charge on any atom is 0.177 e. The molecule has 1 aliphatic heterocycles. The molecule has 1 aromatic heterocycles. The zero-order valence-corrected chi connectivity index (χ0v) is 16.0. The number of nitrogens with one attached hydrogen (secondary N) is 1. The van der Waals surface area contributed by atoms with Gasteiger partial charge in [0.1, 0.15) is 0 Å². The summed E-state index contributed by atoms with van der Waals surface area (Å²) in [5.41, 5.74) is 9.92. The van der Waals surface area contributed by atoms with Gasteiger partial charge in [-0.25, -0.2) is 0 Å². The first-order valence-corrected chi connectivity index (χ1v) is 10.0. The van der Waals surface area contributed by atoms with E-state index < -0.39 is 0 Å². The standard InChI is InChI=1S/C22H23N3OS/c23-19-7-6-17(16-4-2-1-3-5-16)14-18(19)15-20(26)21-8-9-22(27-21)25-12-10-24-11-13-25/h1-9,14,24H,10-13,15,23H2. The second-order valence-electron chi connectivity index (χ2n) is 6.75. The predicted molar refractivity (Wildman–Crippen MR) is 114 cm³/mol. The molecule has 2 aromatic carbocycles. The number of nitrogens with two attached hydrogens (primary N) is 1. The van der Waals surface area contributed by atoms with Crippen LogP contribution < -0.4 is 16.0 Å². The van der Waals surface area contributed by atoms with Crippen molar-refractivity contribution in [2.45, 2.75) is 6.42 Å². The number of carbonyl (C=O) groups is 1. The van der Waals surface area contributed by atoms with Gasteiger partial charge in [0.25, 0.3) is 0 Å². The van der Waals surface area contributed by atoms with Gasteiger partial charge in [0.15, 0.2) is 5.78 Å². The first-order valence-electron chi connectivity index (χ1n) is 9.23. The molecule has 27 heavy (non-hydrogen) atoms. The van der Waals surface area contributed by atoms with Gasteiger partial charge in [0.2, 0.25) is 0 Å². The monoisotopic (exact) mass is 377 g/mol. The van der Waals surface area contributed by atoms with E-state index in [0.717, 1.165) is 47.7 Å². The molecule has 0 unspecified atom stereocenters. The lowest BCUT2D eigenvalue weighted by molar-refractivity contribution is 0.0997. The van der Waals surface area contributed by atoms with Gasteiger partial charge in [-0.05, 0) is 41.0 Å². The molecule has 3 N–H and O–H groups in total. The highest BCUT2D eigenvalue weighted by atomic mass is 32.1. The molecular weight excluding hydrogens is 354 g/mol. The number of hydrogen-bond donors (Lipinski definition) is 2. The van der Waals surface area contributed by atoms with Crippen molar-refractivity contribution in [2.24, 2.45) is 0 Å². The van der Waals surface area contributed by atoms with Crippen LogP contribution in [-0.2, 0) is 6.42 Å². The smallest absolute Gasteiger partial charge is 0.177 e. The molecule has 0 amide bonds. The van der Waals surface area contributed by atoms with Gasteiger partial charge in [0, 0.05) is 38.3 Å².